The highest BCUT2D eigenvalue weighted by molar-refractivity contribution is 5.40. The molecule has 0 aromatic heterocycles. The lowest BCUT2D eigenvalue weighted by Gasteiger charge is -2.39. The molecule has 1 saturated carbocycles. The summed E-state index contributed by atoms with van der Waals surface area (Å²) >= 11 is 0. The van der Waals surface area contributed by atoms with Crippen LogP contribution in [0.5, 0.6) is 0 Å². The molecule has 1 saturated heterocycles. The molecule has 3 rings (SSSR count). The Labute approximate surface area is 264 Å². The fraction of sp³-hybridized carbons (Fsp3) is 0.700. The fourth-order valence-corrected chi connectivity index (χ4v) is 7.65. The van der Waals surface area contributed by atoms with Gasteiger partial charge in [-0.15, -0.1) is 0 Å². The van der Waals surface area contributed by atoms with Gasteiger partial charge in [-0.05, 0) is 83.5 Å². The predicted molar refractivity (Wildman–Crippen MR) is 182 cm³/mol. The summed E-state index contributed by atoms with van der Waals surface area (Å²) < 4.78 is 6.29. The largest absolute Gasteiger partial charge is 0.393 e. The summed E-state index contributed by atoms with van der Waals surface area (Å²) in [6, 6.07) is 0. The van der Waals surface area contributed by atoms with Gasteiger partial charge in [-0.3, -0.25) is 0 Å². The van der Waals surface area contributed by atoms with E-state index < -0.39 is 0 Å². The zero-order valence-electron chi connectivity index (χ0n) is 29.0. The minimum Gasteiger partial charge on any atom is -0.393 e. The smallest absolute Gasteiger partial charge is 0.121 e. The van der Waals surface area contributed by atoms with Crippen molar-refractivity contribution in [2.75, 3.05) is 0 Å². The number of aliphatic hydroxyl groups is 2. The van der Waals surface area contributed by atoms with Crippen molar-refractivity contribution in [3.05, 3.63) is 59.8 Å². The van der Waals surface area contributed by atoms with Crippen molar-refractivity contribution in [3.63, 3.8) is 0 Å². The highest BCUT2D eigenvalue weighted by Crippen LogP contribution is 2.66. The first-order valence-electron chi connectivity index (χ1n) is 17.0. The summed E-state index contributed by atoms with van der Waals surface area (Å²) in [6.45, 7) is 22.1. The minimum absolute atomic E-state index is 0.0480. The van der Waals surface area contributed by atoms with Gasteiger partial charge in [0.1, 0.15) is 11.2 Å². The van der Waals surface area contributed by atoms with Gasteiger partial charge in [0, 0.05) is 28.7 Å². The van der Waals surface area contributed by atoms with Crippen molar-refractivity contribution in [2.24, 2.45) is 34.5 Å². The summed E-state index contributed by atoms with van der Waals surface area (Å²) in [7, 11) is 0. The lowest BCUT2D eigenvalue weighted by molar-refractivity contribution is 0.0513. The van der Waals surface area contributed by atoms with Crippen LogP contribution in [0.25, 0.3) is 0 Å². The average Bonchev–Trinajstić information content (AvgIpc) is 3.49. The second-order valence-corrected chi connectivity index (χ2v) is 15.8. The van der Waals surface area contributed by atoms with E-state index in [-0.39, 0.29) is 40.2 Å². The van der Waals surface area contributed by atoms with Crippen molar-refractivity contribution in [1.82, 2.24) is 0 Å². The quantitative estimate of drug-likeness (QED) is 0.135. The third-order valence-corrected chi connectivity index (χ3v) is 10.1. The van der Waals surface area contributed by atoms with E-state index in [0.717, 1.165) is 44.9 Å². The van der Waals surface area contributed by atoms with E-state index in [1.165, 1.54) is 17.6 Å². The Morgan fingerprint density at radius 3 is 2.09 bits per heavy atom. The van der Waals surface area contributed by atoms with Crippen LogP contribution in [-0.2, 0) is 4.74 Å². The normalized spacial score (nSPS) is 33.0. The molecule has 43 heavy (non-hydrogen) atoms. The summed E-state index contributed by atoms with van der Waals surface area (Å²) in [5, 5.41) is 20.4. The molecule has 240 valence electrons. The molecule has 3 aliphatic rings. The summed E-state index contributed by atoms with van der Waals surface area (Å²) in [5.74, 6) is 8.66. The van der Waals surface area contributed by atoms with Crippen LogP contribution < -0.4 is 0 Å². The number of hydrogen-bond acceptors (Lipinski definition) is 3. The first-order valence-corrected chi connectivity index (χ1v) is 17.0. The molecular formula is C40H62O3. The van der Waals surface area contributed by atoms with Gasteiger partial charge in [-0.1, -0.05) is 114 Å². The number of allylic oxidation sites excluding steroid dienone is 8. The van der Waals surface area contributed by atoms with Gasteiger partial charge in [0.05, 0.1) is 12.2 Å². The van der Waals surface area contributed by atoms with Crippen LogP contribution in [0.15, 0.2) is 59.8 Å². The van der Waals surface area contributed by atoms with Crippen LogP contribution >= 0.6 is 0 Å². The average molecular weight is 591 g/mol. The van der Waals surface area contributed by atoms with Crippen LogP contribution in [-0.4, -0.2) is 33.6 Å². The Morgan fingerprint density at radius 1 is 0.814 bits per heavy atom. The second-order valence-electron chi connectivity index (χ2n) is 15.8. The molecule has 0 amide bonds. The first-order chi connectivity index (χ1) is 20.0. The topological polar surface area (TPSA) is 53.0 Å². The summed E-state index contributed by atoms with van der Waals surface area (Å²) in [5.41, 5.74) is 1.90. The van der Waals surface area contributed by atoms with Crippen LogP contribution in [0, 0.1) is 46.3 Å². The molecule has 0 aromatic rings. The summed E-state index contributed by atoms with van der Waals surface area (Å²) in [6.07, 6.45) is 25.5. The van der Waals surface area contributed by atoms with Crippen LogP contribution in [0.4, 0.5) is 0 Å². The maximum atomic E-state index is 10.3. The Hall–Kier alpha value is -1.86. The van der Waals surface area contributed by atoms with E-state index in [1.807, 2.05) is 0 Å². The second kappa shape index (κ2) is 14.5. The molecule has 1 heterocycles. The fourth-order valence-electron chi connectivity index (χ4n) is 7.65. The molecule has 0 spiro atoms. The maximum Gasteiger partial charge on any atom is 0.121 e. The predicted octanol–water partition coefficient (Wildman–Crippen LogP) is 9.53. The molecule has 2 aliphatic carbocycles. The van der Waals surface area contributed by atoms with E-state index in [0.29, 0.717) is 17.8 Å². The lowest BCUT2D eigenvalue weighted by Crippen LogP contribution is -2.46. The molecule has 4 unspecified atom stereocenters. The maximum absolute atomic E-state index is 10.3. The first kappa shape index (κ1) is 35.6. The minimum atomic E-state index is -0.264. The Kier molecular flexibility index (Phi) is 12.0. The van der Waals surface area contributed by atoms with Crippen LogP contribution in [0.1, 0.15) is 121 Å². The number of hydrogen-bond donors (Lipinski definition) is 2. The van der Waals surface area contributed by atoms with Gasteiger partial charge >= 0.3 is 0 Å². The Bertz CT molecular complexity index is 1150. The number of fused-ring (bicyclic) bond motifs is 1. The van der Waals surface area contributed by atoms with Crippen molar-refractivity contribution < 1.29 is 14.9 Å². The highest BCUT2D eigenvalue weighted by atomic mass is 16.6. The molecule has 0 aromatic carbocycles. The van der Waals surface area contributed by atoms with E-state index in [2.05, 4.69) is 130 Å². The number of epoxide rings is 1. The van der Waals surface area contributed by atoms with Crippen LogP contribution in [0.3, 0.4) is 0 Å². The zero-order valence-corrected chi connectivity index (χ0v) is 29.0. The van der Waals surface area contributed by atoms with Gasteiger partial charge in [0.25, 0.3) is 0 Å². The molecule has 0 radical (unpaired) electrons. The van der Waals surface area contributed by atoms with Crippen molar-refractivity contribution in [1.29, 1.82) is 0 Å². The molecule has 0 bridgehead atoms. The molecule has 2 N–H and O–H groups in total. The monoisotopic (exact) mass is 590 g/mol. The Balaban J connectivity index is 1.35. The van der Waals surface area contributed by atoms with E-state index >= 15 is 0 Å². The number of aliphatic hydroxyl groups excluding tert-OH is 2. The Morgan fingerprint density at radius 2 is 1.44 bits per heavy atom. The van der Waals surface area contributed by atoms with Crippen LogP contribution in [0.2, 0.25) is 0 Å². The SMILES string of the molecule is CC1=C(C#CC(C)/C=C/CC(C)/C=C/CCC(C)/C=C/CC(C)/C=C/[C@@]23O[C@]2(C)C[C@@H](O)CC3(C)C)C(C)(C)C[C@H](O)C1. The molecule has 3 nitrogen and oxygen atoms in total. The third-order valence-electron chi connectivity index (χ3n) is 10.1. The number of ether oxygens (including phenoxy) is 1. The molecule has 2 fully saturated rings. The van der Waals surface area contributed by atoms with E-state index in [4.69, 9.17) is 4.74 Å². The third kappa shape index (κ3) is 9.32. The molecular weight excluding hydrogens is 528 g/mol. The lowest BCUT2D eigenvalue weighted by atomic mass is 9.63. The van der Waals surface area contributed by atoms with Gasteiger partial charge < -0.3 is 14.9 Å². The van der Waals surface area contributed by atoms with Crippen molar-refractivity contribution >= 4 is 0 Å². The van der Waals surface area contributed by atoms with E-state index in [1.54, 1.807) is 0 Å². The molecule has 3 heteroatoms. The standard InChI is InChI=1S/C40H62O3/c1-29(17-13-19-31(3)21-22-36-33(5)25-34(41)26-37(36,6)7)15-11-12-16-30(2)18-14-20-32(4)23-24-40-38(8,9)27-35(42)28-39(40,10)43-40/h11,13-15,18-19,23-24,29-32,34-35,41-42H,12,16-17,20,25-28H2,1-10H3/b15-11+,18-14+,19-13+,24-23+/t29?,30?,31?,32?,34-,35+,39-,40+/m1/s1. The van der Waals surface area contributed by atoms with Gasteiger partial charge in [-0.2, -0.15) is 0 Å². The summed E-state index contributed by atoms with van der Waals surface area (Å²) in [4.78, 5) is 0. The zero-order chi connectivity index (χ0) is 32.1. The van der Waals surface area contributed by atoms with Gasteiger partial charge in [0.2, 0.25) is 0 Å². The number of rotatable bonds is 12. The molecule has 8 atom stereocenters. The van der Waals surface area contributed by atoms with Crippen molar-refractivity contribution in [2.45, 2.75) is 144 Å². The van der Waals surface area contributed by atoms with E-state index in [9.17, 15) is 10.2 Å². The highest BCUT2D eigenvalue weighted by Gasteiger charge is 2.74. The van der Waals surface area contributed by atoms with Gasteiger partial charge in [-0.25, -0.2) is 0 Å². The van der Waals surface area contributed by atoms with Crippen molar-refractivity contribution in [3.8, 4) is 11.8 Å². The molecule has 1 aliphatic heterocycles. The van der Waals surface area contributed by atoms with Gasteiger partial charge in [0.15, 0.2) is 0 Å².